The zero-order valence-electron chi connectivity index (χ0n) is 16.7. The van der Waals surface area contributed by atoms with Crippen LogP contribution in [0.15, 0.2) is 12.1 Å². The van der Waals surface area contributed by atoms with E-state index in [0.29, 0.717) is 22.9 Å². The zero-order chi connectivity index (χ0) is 19.7. The second-order valence-electron chi connectivity index (χ2n) is 7.65. The van der Waals surface area contributed by atoms with Gasteiger partial charge >= 0.3 is 5.97 Å². The highest BCUT2D eigenvalue weighted by Gasteiger charge is 2.29. The van der Waals surface area contributed by atoms with Crippen molar-refractivity contribution in [2.75, 3.05) is 12.4 Å². The maximum absolute atomic E-state index is 12.8. The van der Waals surface area contributed by atoms with Crippen LogP contribution in [-0.2, 0) is 28.8 Å². The van der Waals surface area contributed by atoms with Gasteiger partial charge in [-0.1, -0.05) is 24.6 Å². The van der Waals surface area contributed by atoms with Crippen molar-refractivity contribution in [1.29, 1.82) is 0 Å². The predicted molar refractivity (Wildman–Crippen MR) is 110 cm³/mol. The van der Waals surface area contributed by atoms with E-state index in [0.717, 1.165) is 41.5 Å². The number of amides is 1. The molecule has 1 N–H and O–H groups in total. The van der Waals surface area contributed by atoms with Crippen molar-refractivity contribution >= 4 is 28.2 Å². The molecule has 1 unspecified atom stereocenters. The smallest absolute Gasteiger partial charge is 0.341 e. The van der Waals surface area contributed by atoms with Crippen LogP contribution in [0.5, 0.6) is 0 Å². The number of fused-ring (bicyclic) bond motifs is 1. The molecule has 0 spiro atoms. The van der Waals surface area contributed by atoms with Crippen LogP contribution in [-0.4, -0.2) is 19.0 Å². The fourth-order valence-electron chi connectivity index (χ4n) is 3.98. The Morgan fingerprint density at radius 3 is 2.52 bits per heavy atom. The van der Waals surface area contributed by atoms with Crippen LogP contribution in [0.1, 0.15) is 56.4 Å². The second-order valence-corrected chi connectivity index (χ2v) is 8.75. The van der Waals surface area contributed by atoms with Crippen molar-refractivity contribution in [3.05, 3.63) is 50.4 Å². The quantitative estimate of drug-likeness (QED) is 0.772. The van der Waals surface area contributed by atoms with Gasteiger partial charge in [-0.25, -0.2) is 4.79 Å². The van der Waals surface area contributed by atoms with Crippen molar-refractivity contribution in [1.82, 2.24) is 0 Å². The minimum atomic E-state index is -0.361. The van der Waals surface area contributed by atoms with Gasteiger partial charge in [0.2, 0.25) is 5.91 Å². The number of aryl methyl sites for hydroxylation is 3. The summed E-state index contributed by atoms with van der Waals surface area (Å²) in [5.41, 5.74) is 6.10. The third kappa shape index (κ3) is 4.08. The third-order valence-electron chi connectivity index (χ3n) is 5.33. The summed E-state index contributed by atoms with van der Waals surface area (Å²) in [6.07, 6.45) is 3.18. The molecule has 144 valence electrons. The van der Waals surface area contributed by atoms with E-state index in [1.165, 1.54) is 28.9 Å². The lowest BCUT2D eigenvalue weighted by molar-refractivity contribution is -0.115. The molecule has 0 fully saturated rings. The first-order chi connectivity index (χ1) is 12.8. The summed E-state index contributed by atoms with van der Waals surface area (Å²) in [6.45, 7) is 8.35. The summed E-state index contributed by atoms with van der Waals surface area (Å²) in [7, 11) is 1.39. The largest absolute Gasteiger partial charge is 0.465 e. The van der Waals surface area contributed by atoms with Crippen LogP contribution in [0.3, 0.4) is 0 Å². The van der Waals surface area contributed by atoms with Gasteiger partial charge in [0.15, 0.2) is 0 Å². The van der Waals surface area contributed by atoms with Gasteiger partial charge in [-0.05, 0) is 68.2 Å². The highest BCUT2D eigenvalue weighted by atomic mass is 32.1. The third-order valence-corrected chi connectivity index (χ3v) is 6.50. The number of nitrogens with one attached hydrogen (secondary N) is 1. The van der Waals surface area contributed by atoms with Gasteiger partial charge in [-0.15, -0.1) is 11.3 Å². The van der Waals surface area contributed by atoms with E-state index >= 15 is 0 Å². The molecular weight excluding hydrogens is 358 g/mol. The Hall–Kier alpha value is -2.14. The van der Waals surface area contributed by atoms with Crippen LogP contribution in [0.2, 0.25) is 0 Å². The van der Waals surface area contributed by atoms with Gasteiger partial charge in [0.25, 0.3) is 0 Å². The van der Waals surface area contributed by atoms with E-state index in [9.17, 15) is 9.59 Å². The normalized spacial score (nSPS) is 16.0. The number of thiophene rings is 1. The standard InChI is InChI=1S/C22H27NO3S/c1-12-6-7-16-18(10-12)27-21(20(16)22(25)26-5)23-19(24)11-17-14(3)8-13(2)9-15(17)4/h8-9,12H,6-7,10-11H2,1-5H3,(H,23,24). The molecule has 0 radical (unpaired) electrons. The molecule has 1 aliphatic carbocycles. The molecule has 2 aromatic rings. The Bertz CT molecular complexity index is 874. The first-order valence-corrected chi connectivity index (χ1v) is 10.2. The number of benzene rings is 1. The number of methoxy groups -OCH3 is 1. The molecule has 3 rings (SSSR count). The number of esters is 1. The van der Waals surface area contributed by atoms with E-state index < -0.39 is 0 Å². The van der Waals surface area contributed by atoms with Crippen LogP contribution in [0.25, 0.3) is 0 Å². The lowest BCUT2D eigenvalue weighted by atomic mass is 9.88. The van der Waals surface area contributed by atoms with E-state index in [4.69, 9.17) is 4.74 Å². The average Bonchev–Trinajstić information content (AvgIpc) is 2.94. The minimum absolute atomic E-state index is 0.0955. The molecule has 0 saturated carbocycles. The molecule has 1 atom stereocenters. The maximum atomic E-state index is 12.8. The SMILES string of the molecule is COC(=O)c1c(NC(=O)Cc2c(C)cc(C)cc2C)sc2c1CCC(C)C2. The molecule has 1 aromatic carbocycles. The summed E-state index contributed by atoms with van der Waals surface area (Å²) in [6, 6.07) is 4.20. The number of rotatable bonds is 4. The molecule has 0 aliphatic heterocycles. The van der Waals surface area contributed by atoms with Gasteiger partial charge in [-0.2, -0.15) is 0 Å². The van der Waals surface area contributed by atoms with Crippen molar-refractivity contribution in [3.8, 4) is 0 Å². The number of hydrogen-bond donors (Lipinski definition) is 1. The Labute approximate surface area is 164 Å². The number of anilines is 1. The molecular formula is C22H27NO3S. The predicted octanol–water partition coefficient (Wildman–Crippen LogP) is 4.77. The van der Waals surface area contributed by atoms with Crippen LogP contribution < -0.4 is 5.32 Å². The summed E-state index contributed by atoms with van der Waals surface area (Å²) in [5, 5.41) is 3.63. The van der Waals surface area contributed by atoms with E-state index in [2.05, 4.69) is 31.3 Å². The Kier molecular flexibility index (Phi) is 5.70. The van der Waals surface area contributed by atoms with E-state index in [1.54, 1.807) is 0 Å². The van der Waals surface area contributed by atoms with Crippen molar-refractivity contribution < 1.29 is 14.3 Å². The van der Waals surface area contributed by atoms with Crippen molar-refractivity contribution in [2.45, 2.75) is 53.4 Å². The molecule has 1 aliphatic rings. The average molecular weight is 386 g/mol. The van der Waals surface area contributed by atoms with Crippen LogP contribution in [0, 0.1) is 26.7 Å². The molecule has 0 saturated heterocycles. The molecule has 1 amide bonds. The fraction of sp³-hybridized carbons (Fsp3) is 0.455. The van der Waals surface area contributed by atoms with Crippen molar-refractivity contribution in [2.24, 2.45) is 5.92 Å². The van der Waals surface area contributed by atoms with Crippen LogP contribution >= 0.6 is 11.3 Å². The molecule has 4 nitrogen and oxygen atoms in total. The fourth-order valence-corrected chi connectivity index (χ4v) is 5.39. The maximum Gasteiger partial charge on any atom is 0.341 e. The van der Waals surface area contributed by atoms with Gasteiger partial charge < -0.3 is 10.1 Å². The molecule has 5 heteroatoms. The Morgan fingerprint density at radius 1 is 1.22 bits per heavy atom. The molecule has 1 heterocycles. The molecule has 27 heavy (non-hydrogen) atoms. The minimum Gasteiger partial charge on any atom is -0.465 e. The number of ether oxygens (including phenoxy) is 1. The van der Waals surface area contributed by atoms with Gasteiger partial charge in [0.05, 0.1) is 19.1 Å². The number of carbonyl (C=O) groups excluding carboxylic acids is 2. The monoisotopic (exact) mass is 385 g/mol. The lowest BCUT2D eigenvalue weighted by Gasteiger charge is -2.18. The van der Waals surface area contributed by atoms with E-state index in [1.807, 2.05) is 13.8 Å². The van der Waals surface area contributed by atoms with E-state index in [-0.39, 0.29) is 11.9 Å². The number of carbonyl (C=O) groups is 2. The number of hydrogen-bond acceptors (Lipinski definition) is 4. The first kappa shape index (κ1) is 19.6. The summed E-state index contributed by atoms with van der Waals surface area (Å²) in [4.78, 5) is 26.3. The van der Waals surface area contributed by atoms with Crippen molar-refractivity contribution in [3.63, 3.8) is 0 Å². The first-order valence-electron chi connectivity index (χ1n) is 9.39. The summed E-state index contributed by atoms with van der Waals surface area (Å²) in [5.74, 6) is 0.143. The molecule has 1 aromatic heterocycles. The summed E-state index contributed by atoms with van der Waals surface area (Å²) >= 11 is 1.53. The van der Waals surface area contributed by atoms with Gasteiger partial charge in [-0.3, -0.25) is 4.79 Å². The Morgan fingerprint density at radius 2 is 1.89 bits per heavy atom. The summed E-state index contributed by atoms with van der Waals surface area (Å²) < 4.78 is 5.00. The lowest BCUT2D eigenvalue weighted by Crippen LogP contribution is -2.18. The zero-order valence-corrected chi connectivity index (χ0v) is 17.5. The highest BCUT2D eigenvalue weighted by Crippen LogP contribution is 2.40. The Balaban J connectivity index is 1.87. The second kappa shape index (κ2) is 7.85. The topological polar surface area (TPSA) is 55.4 Å². The van der Waals surface area contributed by atoms with Gasteiger partial charge in [0.1, 0.15) is 5.00 Å². The van der Waals surface area contributed by atoms with Crippen LogP contribution in [0.4, 0.5) is 5.00 Å². The highest BCUT2D eigenvalue weighted by molar-refractivity contribution is 7.17. The van der Waals surface area contributed by atoms with Gasteiger partial charge in [0, 0.05) is 4.88 Å². The molecule has 0 bridgehead atoms.